The molecule has 1 heterocycles. The van der Waals surface area contributed by atoms with Gasteiger partial charge in [-0.25, -0.2) is 0 Å². The Balaban J connectivity index is 2.00. The van der Waals surface area contributed by atoms with Crippen LogP contribution in [0, 0.1) is 0 Å². The Hall–Kier alpha value is -1.48. The van der Waals surface area contributed by atoms with Crippen LogP contribution in [0.3, 0.4) is 0 Å². The van der Waals surface area contributed by atoms with Crippen molar-refractivity contribution in [2.24, 2.45) is 12.8 Å². The van der Waals surface area contributed by atoms with E-state index in [-0.39, 0.29) is 5.92 Å². The Morgan fingerprint density at radius 2 is 1.86 bits per heavy atom. The minimum absolute atomic E-state index is 0.253. The third kappa shape index (κ3) is 3.00. The zero-order chi connectivity index (χ0) is 15.7. The number of benzene rings is 2. The molecule has 0 amide bonds. The molecule has 0 aliphatic rings. The maximum absolute atomic E-state index is 6.11. The molecule has 0 bridgehead atoms. The van der Waals surface area contributed by atoms with Gasteiger partial charge in [-0.1, -0.05) is 41.4 Å². The van der Waals surface area contributed by atoms with Crippen LogP contribution in [0.2, 0.25) is 10.0 Å². The molecule has 0 fully saturated rings. The Kier molecular flexibility index (Phi) is 4.44. The van der Waals surface area contributed by atoms with Gasteiger partial charge < -0.3 is 10.3 Å². The molecule has 3 rings (SSSR count). The summed E-state index contributed by atoms with van der Waals surface area (Å²) in [7, 11) is 2.04. The van der Waals surface area contributed by atoms with Crippen molar-refractivity contribution in [1.82, 2.24) is 4.57 Å². The van der Waals surface area contributed by atoms with E-state index in [1.807, 2.05) is 37.4 Å². The molecular weight excluding hydrogens is 315 g/mol. The second-order valence-corrected chi connectivity index (χ2v) is 6.50. The zero-order valence-electron chi connectivity index (χ0n) is 12.4. The van der Waals surface area contributed by atoms with Crippen molar-refractivity contribution in [2.45, 2.75) is 12.3 Å². The SMILES string of the molecule is Cn1cc(C(CN)Cc2cccc(Cl)c2)c2ccc(Cl)cc21. The number of fused-ring (bicyclic) bond motifs is 1. The first-order valence-electron chi connectivity index (χ1n) is 7.27. The van der Waals surface area contributed by atoms with E-state index in [9.17, 15) is 0 Å². The summed E-state index contributed by atoms with van der Waals surface area (Å²) in [6.45, 7) is 0.592. The number of hydrogen-bond acceptors (Lipinski definition) is 1. The number of aryl methyl sites for hydroxylation is 1. The van der Waals surface area contributed by atoms with Crippen LogP contribution >= 0.6 is 23.2 Å². The molecule has 1 aromatic heterocycles. The third-order valence-corrected chi connectivity index (χ3v) is 4.55. The maximum Gasteiger partial charge on any atom is 0.0495 e. The van der Waals surface area contributed by atoms with Crippen LogP contribution in [0.4, 0.5) is 0 Å². The van der Waals surface area contributed by atoms with E-state index in [1.54, 1.807) is 0 Å². The summed E-state index contributed by atoms with van der Waals surface area (Å²) < 4.78 is 2.11. The van der Waals surface area contributed by atoms with Gasteiger partial charge in [-0.2, -0.15) is 0 Å². The van der Waals surface area contributed by atoms with Gasteiger partial charge in [-0.3, -0.25) is 0 Å². The van der Waals surface area contributed by atoms with E-state index in [4.69, 9.17) is 28.9 Å². The van der Waals surface area contributed by atoms with E-state index in [0.717, 1.165) is 22.0 Å². The van der Waals surface area contributed by atoms with Crippen LogP contribution in [0.25, 0.3) is 10.9 Å². The highest BCUT2D eigenvalue weighted by Gasteiger charge is 2.17. The number of rotatable bonds is 4. The summed E-state index contributed by atoms with van der Waals surface area (Å²) in [4.78, 5) is 0. The van der Waals surface area contributed by atoms with Crippen molar-refractivity contribution in [3.8, 4) is 0 Å². The lowest BCUT2D eigenvalue weighted by Gasteiger charge is -2.14. The zero-order valence-corrected chi connectivity index (χ0v) is 13.9. The topological polar surface area (TPSA) is 30.9 Å². The first-order valence-corrected chi connectivity index (χ1v) is 8.03. The molecule has 0 spiro atoms. The lowest BCUT2D eigenvalue weighted by molar-refractivity contribution is 0.696. The quantitative estimate of drug-likeness (QED) is 0.732. The molecule has 2 nitrogen and oxygen atoms in total. The van der Waals surface area contributed by atoms with E-state index in [1.165, 1.54) is 16.5 Å². The highest BCUT2D eigenvalue weighted by atomic mass is 35.5. The molecule has 22 heavy (non-hydrogen) atoms. The van der Waals surface area contributed by atoms with Crippen LogP contribution in [0.5, 0.6) is 0 Å². The maximum atomic E-state index is 6.11. The van der Waals surface area contributed by atoms with Gasteiger partial charge in [-0.05, 0) is 48.4 Å². The van der Waals surface area contributed by atoms with Gasteiger partial charge in [0, 0.05) is 40.1 Å². The first kappa shape index (κ1) is 15.4. The lowest BCUT2D eigenvalue weighted by Crippen LogP contribution is -2.14. The Labute approximate surface area is 140 Å². The Morgan fingerprint density at radius 1 is 1.09 bits per heavy atom. The van der Waals surface area contributed by atoms with Crippen molar-refractivity contribution in [1.29, 1.82) is 0 Å². The van der Waals surface area contributed by atoms with Crippen LogP contribution in [-0.2, 0) is 13.5 Å². The minimum Gasteiger partial charge on any atom is -0.350 e. The molecule has 3 aromatic rings. The van der Waals surface area contributed by atoms with E-state index < -0.39 is 0 Å². The molecule has 0 saturated carbocycles. The summed E-state index contributed by atoms with van der Waals surface area (Å²) in [5.74, 6) is 0.253. The number of hydrogen-bond donors (Lipinski definition) is 1. The second-order valence-electron chi connectivity index (χ2n) is 5.62. The average Bonchev–Trinajstić information content (AvgIpc) is 2.81. The van der Waals surface area contributed by atoms with Crippen molar-refractivity contribution in [3.63, 3.8) is 0 Å². The van der Waals surface area contributed by atoms with Gasteiger partial charge >= 0.3 is 0 Å². The lowest BCUT2D eigenvalue weighted by atomic mass is 9.92. The van der Waals surface area contributed by atoms with Gasteiger partial charge in [0.25, 0.3) is 0 Å². The predicted molar refractivity (Wildman–Crippen MR) is 94.9 cm³/mol. The predicted octanol–water partition coefficient (Wildman–Crippen LogP) is 4.77. The molecular formula is C18H18Cl2N2. The molecule has 0 aliphatic carbocycles. The normalized spacial score (nSPS) is 12.7. The van der Waals surface area contributed by atoms with Crippen LogP contribution in [0.15, 0.2) is 48.7 Å². The first-order chi connectivity index (χ1) is 10.6. The monoisotopic (exact) mass is 332 g/mol. The van der Waals surface area contributed by atoms with E-state index in [0.29, 0.717) is 6.54 Å². The van der Waals surface area contributed by atoms with Gasteiger partial charge in [0.1, 0.15) is 0 Å². The second kappa shape index (κ2) is 6.33. The van der Waals surface area contributed by atoms with E-state index in [2.05, 4.69) is 22.9 Å². The summed E-state index contributed by atoms with van der Waals surface area (Å²) >= 11 is 12.2. The molecule has 0 radical (unpaired) electrons. The fraction of sp³-hybridized carbons (Fsp3) is 0.222. The summed E-state index contributed by atoms with van der Waals surface area (Å²) in [5, 5.41) is 2.72. The molecule has 0 saturated heterocycles. The molecule has 1 atom stereocenters. The highest BCUT2D eigenvalue weighted by molar-refractivity contribution is 6.31. The van der Waals surface area contributed by atoms with Crippen LogP contribution in [0.1, 0.15) is 17.0 Å². The minimum atomic E-state index is 0.253. The van der Waals surface area contributed by atoms with Crippen molar-refractivity contribution < 1.29 is 0 Å². The molecule has 114 valence electrons. The fourth-order valence-corrected chi connectivity index (χ4v) is 3.36. The number of nitrogens with two attached hydrogens (primary N) is 1. The Morgan fingerprint density at radius 3 is 2.59 bits per heavy atom. The number of halogens is 2. The smallest absolute Gasteiger partial charge is 0.0495 e. The van der Waals surface area contributed by atoms with Crippen molar-refractivity contribution in [2.75, 3.05) is 6.54 Å². The molecule has 2 N–H and O–H groups in total. The molecule has 1 unspecified atom stereocenters. The average molecular weight is 333 g/mol. The van der Waals surface area contributed by atoms with Gasteiger partial charge in [-0.15, -0.1) is 0 Å². The highest BCUT2D eigenvalue weighted by Crippen LogP contribution is 2.31. The third-order valence-electron chi connectivity index (χ3n) is 4.08. The standard InChI is InChI=1S/C18H18Cl2N2/c1-22-11-17(16-6-5-15(20)9-18(16)22)13(10-21)7-12-3-2-4-14(19)8-12/h2-6,8-9,11,13H,7,10,21H2,1H3. The number of aromatic nitrogens is 1. The number of nitrogens with zero attached hydrogens (tertiary/aromatic N) is 1. The largest absolute Gasteiger partial charge is 0.350 e. The Bertz CT molecular complexity index is 808. The fourth-order valence-electron chi connectivity index (χ4n) is 2.98. The molecule has 0 aliphatic heterocycles. The van der Waals surface area contributed by atoms with Crippen LogP contribution < -0.4 is 5.73 Å². The van der Waals surface area contributed by atoms with Gasteiger partial charge in [0.2, 0.25) is 0 Å². The summed E-state index contributed by atoms with van der Waals surface area (Å²) in [6.07, 6.45) is 3.03. The van der Waals surface area contributed by atoms with E-state index >= 15 is 0 Å². The van der Waals surface area contributed by atoms with Gasteiger partial charge in [0.15, 0.2) is 0 Å². The van der Waals surface area contributed by atoms with Crippen LogP contribution in [-0.4, -0.2) is 11.1 Å². The summed E-state index contributed by atoms with van der Waals surface area (Å²) in [5.41, 5.74) is 9.65. The molecule has 4 heteroatoms. The van der Waals surface area contributed by atoms with Gasteiger partial charge in [0.05, 0.1) is 0 Å². The molecule has 2 aromatic carbocycles. The summed E-state index contributed by atoms with van der Waals surface area (Å²) in [6, 6.07) is 14.0. The van der Waals surface area contributed by atoms with Crippen molar-refractivity contribution in [3.05, 3.63) is 69.8 Å². The van der Waals surface area contributed by atoms with Crippen molar-refractivity contribution >= 4 is 34.1 Å².